The molecule has 0 bridgehead atoms. The first kappa shape index (κ1) is 5.90. The third-order valence-electron chi connectivity index (χ3n) is 0.758. The molecule has 0 aliphatic heterocycles. The van der Waals surface area contributed by atoms with E-state index in [1.54, 1.807) is 6.07 Å². The first-order valence-electron chi connectivity index (χ1n) is 2.75. The first-order chi connectivity index (χ1) is 5.15. The lowest BCUT2D eigenvalue weighted by Crippen LogP contribution is -1.87. The molecule has 0 aliphatic carbocycles. The van der Waals surface area contributed by atoms with Gasteiger partial charge in [-0.1, -0.05) is 23.2 Å². The van der Waals surface area contributed by atoms with Gasteiger partial charge in [0, 0.05) is 0 Å². The summed E-state index contributed by atoms with van der Waals surface area (Å²) in [6.07, 6.45) is -0.226. The van der Waals surface area contributed by atoms with Crippen molar-refractivity contribution in [1.82, 2.24) is 9.97 Å². The highest BCUT2D eigenvalue weighted by Gasteiger charge is 2.01. The van der Waals surface area contributed by atoms with Crippen molar-refractivity contribution in [1.29, 1.82) is 5.26 Å². The molecule has 0 saturated heterocycles. The molecule has 0 aliphatic rings. The maximum absolute atomic E-state index is 8.38. The van der Waals surface area contributed by atoms with Gasteiger partial charge in [-0.2, -0.15) is 5.26 Å². The highest BCUT2D eigenvalue weighted by Crippen LogP contribution is 2.11. The van der Waals surface area contributed by atoms with E-state index in [4.69, 9.17) is 29.8 Å². The first-order valence-corrected chi connectivity index (χ1v) is 3.00. The summed E-state index contributed by atoms with van der Waals surface area (Å²) in [5, 5.41) is 8.16. The van der Waals surface area contributed by atoms with E-state index in [0.717, 1.165) is 0 Å². The molecule has 0 saturated carbocycles. The summed E-state index contributed by atoms with van der Waals surface area (Å²) in [6.45, 7) is 0. The zero-order valence-electron chi connectivity index (χ0n) is 5.60. The maximum Gasteiger partial charge on any atom is 0.179 e. The fraction of sp³-hybridized carbons (Fsp3) is 0. The van der Waals surface area contributed by atoms with Crippen LogP contribution in [0.1, 0.15) is 7.06 Å². The number of nitrogens with zero attached hydrogens (tertiary/aromatic N) is 3. The minimum Gasteiger partial charge on any atom is -0.238 e. The van der Waals surface area contributed by atoms with Crippen molar-refractivity contribution >= 4 is 23.2 Å². The number of nitriles is 1. The van der Waals surface area contributed by atoms with Crippen LogP contribution >= 0.6 is 23.2 Å². The second-order valence-corrected chi connectivity index (χ2v) is 2.09. The SMILES string of the molecule is [2H]c1nc(Cl)c(C#N)nc1Cl. The van der Waals surface area contributed by atoms with Gasteiger partial charge in [0.1, 0.15) is 11.2 Å². The van der Waals surface area contributed by atoms with Crippen LogP contribution in [0.25, 0.3) is 0 Å². The lowest BCUT2D eigenvalue weighted by molar-refractivity contribution is 1.16. The molecule has 0 unspecified atom stereocenters. The summed E-state index contributed by atoms with van der Waals surface area (Å²) in [6, 6.07) is 1.69. The lowest BCUT2D eigenvalue weighted by atomic mass is 10.5. The zero-order valence-corrected chi connectivity index (χ0v) is 6.11. The van der Waals surface area contributed by atoms with Crippen LogP contribution in [0.2, 0.25) is 10.3 Å². The van der Waals surface area contributed by atoms with Gasteiger partial charge in [0.25, 0.3) is 0 Å². The number of hydrogen-bond donors (Lipinski definition) is 0. The quantitative estimate of drug-likeness (QED) is 0.602. The third-order valence-corrected chi connectivity index (χ3v) is 1.19. The van der Waals surface area contributed by atoms with Crippen LogP contribution in [0, 0.1) is 11.3 Å². The van der Waals surface area contributed by atoms with E-state index in [1.165, 1.54) is 0 Å². The van der Waals surface area contributed by atoms with E-state index in [1.807, 2.05) is 0 Å². The molecule has 10 heavy (non-hydrogen) atoms. The fourth-order valence-electron chi connectivity index (χ4n) is 0.389. The highest BCUT2D eigenvalue weighted by atomic mass is 35.5. The molecule has 1 aromatic rings. The molecule has 5 heteroatoms. The van der Waals surface area contributed by atoms with Gasteiger partial charge in [0.2, 0.25) is 0 Å². The van der Waals surface area contributed by atoms with E-state index < -0.39 is 0 Å². The van der Waals surface area contributed by atoms with Gasteiger partial charge in [-0.15, -0.1) is 0 Å². The summed E-state index contributed by atoms with van der Waals surface area (Å²) >= 11 is 10.8. The third kappa shape index (κ3) is 1.35. The molecule has 0 N–H and O–H groups in total. The molecule has 0 fully saturated rings. The van der Waals surface area contributed by atoms with Crippen LogP contribution in [-0.2, 0) is 0 Å². The Morgan fingerprint density at radius 3 is 3.00 bits per heavy atom. The van der Waals surface area contributed by atoms with Gasteiger partial charge in [-0.05, 0) is 0 Å². The van der Waals surface area contributed by atoms with E-state index in [2.05, 4.69) is 9.97 Å². The second-order valence-electron chi connectivity index (χ2n) is 1.38. The number of aromatic nitrogens is 2. The molecule has 1 aromatic heterocycles. The average Bonchev–Trinajstić information content (AvgIpc) is 1.97. The monoisotopic (exact) mass is 174 g/mol. The second kappa shape index (κ2) is 2.82. The number of hydrogen-bond acceptors (Lipinski definition) is 3. The Balaban J connectivity index is 3.35. The van der Waals surface area contributed by atoms with Gasteiger partial charge >= 0.3 is 0 Å². The molecule has 3 nitrogen and oxygen atoms in total. The molecule has 0 atom stereocenters. The molecule has 0 aromatic carbocycles. The smallest absolute Gasteiger partial charge is 0.179 e. The van der Waals surface area contributed by atoms with Crippen LogP contribution in [0.5, 0.6) is 0 Å². The normalized spacial score (nSPS) is 10.3. The highest BCUT2D eigenvalue weighted by molar-refractivity contribution is 6.31. The van der Waals surface area contributed by atoms with Crippen molar-refractivity contribution in [3.63, 3.8) is 0 Å². The van der Waals surface area contributed by atoms with E-state index in [9.17, 15) is 0 Å². The van der Waals surface area contributed by atoms with E-state index >= 15 is 0 Å². The fourth-order valence-corrected chi connectivity index (χ4v) is 0.642. The van der Waals surface area contributed by atoms with E-state index in [0.29, 0.717) is 0 Å². The molecule has 0 radical (unpaired) electrons. The topological polar surface area (TPSA) is 49.6 Å². The number of halogens is 2. The van der Waals surface area contributed by atoms with Crippen molar-refractivity contribution in [2.45, 2.75) is 0 Å². The summed E-state index contributed by atoms with van der Waals surface area (Å²) in [4.78, 5) is 6.97. The predicted octanol–water partition coefficient (Wildman–Crippen LogP) is 1.66. The predicted molar refractivity (Wildman–Crippen MR) is 36.8 cm³/mol. The van der Waals surface area contributed by atoms with Crippen LogP contribution in [-0.4, -0.2) is 9.97 Å². The Morgan fingerprint density at radius 1 is 1.70 bits per heavy atom. The van der Waals surface area contributed by atoms with Gasteiger partial charge in [-0.3, -0.25) is 0 Å². The average molecular weight is 175 g/mol. The molecule has 1 heterocycles. The minimum atomic E-state index is -0.226. The number of rotatable bonds is 0. The Hall–Kier alpha value is -0.850. The van der Waals surface area contributed by atoms with Gasteiger partial charge < -0.3 is 0 Å². The molecule has 1 rings (SSSR count). The van der Waals surface area contributed by atoms with Crippen LogP contribution in [0.3, 0.4) is 0 Å². The van der Waals surface area contributed by atoms with Gasteiger partial charge in [0.15, 0.2) is 10.8 Å². The molecular formula is C5HCl2N3. The molecule has 0 spiro atoms. The summed E-state index contributed by atoms with van der Waals surface area (Å²) < 4.78 is 7.03. The summed E-state index contributed by atoms with van der Waals surface area (Å²) in [5.41, 5.74) is -0.0623. The Kier molecular flexibility index (Phi) is 1.67. The minimum absolute atomic E-state index is 0.0623. The van der Waals surface area contributed by atoms with Gasteiger partial charge in [0.05, 0.1) is 7.54 Å². The van der Waals surface area contributed by atoms with Crippen molar-refractivity contribution < 1.29 is 1.37 Å². The molecule has 0 amide bonds. The molecular weight excluding hydrogens is 173 g/mol. The van der Waals surface area contributed by atoms with Crippen LogP contribution in [0.15, 0.2) is 6.17 Å². The van der Waals surface area contributed by atoms with E-state index in [-0.39, 0.29) is 22.2 Å². The largest absolute Gasteiger partial charge is 0.238 e. The van der Waals surface area contributed by atoms with Crippen molar-refractivity contribution in [3.05, 3.63) is 22.2 Å². The standard InChI is InChI=1S/C5HCl2N3/c6-4-2-9-5(7)3(1-8)10-4/h2H/i2D. The van der Waals surface area contributed by atoms with Crippen molar-refractivity contribution in [3.8, 4) is 6.07 Å². The van der Waals surface area contributed by atoms with Crippen LogP contribution in [0.4, 0.5) is 0 Å². The Labute approximate surface area is 68.6 Å². The summed E-state index contributed by atoms with van der Waals surface area (Å²) in [5.74, 6) is 0. The van der Waals surface area contributed by atoms with Crippen molar-refractivity contribution in [2.24, 2.45) is 0 Å². The Morgan fingerprint density at radius 2 is 2.40 bits per heavy atom. The molecule has 50 valence electrons. The lowest BCUT2D eigenvalue weighted by Gasteiger charge is -1.90. The van der Waals surface area contributed by atoms with Gasteiger partial charge in [-0.25, -0.2) is 9.97 Å². The van der Waals surface area contributed by atoms with Crippen LogP contribution < -0.4 is 0 Å². The summed E-state index contributed by atoms with van der Waals surface area (Å²) in [7, 11) is 0. The van der Waals surface area contributed by atoms with Crippen molar-refractivity contribution in [2.75, 3.05) is 0 Å². The Bertz CT molecular complexity index is 333. The zero-order chi connectivity index (χ0) is 8.43. The maximum atomic E-state index is 8.38.